The van der Waals surface area contributed by atoms with E-state index in [-0.39, 0.29) is 28.6 Å². The minimum Gasteiger partial charge on any atom is -0.353 e. The van der Waals surface area contributed by atoms with Crippen LogP contribution >= 0.6 is 15.9 Å². The highest BCUT2D eigenvalue weighted by atomic mass is 79.9. The summed E-state index contributed by atoms with van der Waals surface area (Å²) in [5.74, 6) is 2.55. The molecule has 1 aromatic carbocycles. The van der Waals surface area contributed by atoms with Crippen molar-refractivity contribution in [3.05, 3.63) is 28.7 Å². The van der Waals surface area contributed by atoms with Crippen LogP contribution in [0.15, 0.2) is 28.7 Å². The smallest absolute Gasteiger partial charge is 0.228 e. The number of benzene rings is 1. The predicted molar refractivity (Wildman–Crippen MR) is 122 cm³/mol. The summed E-state index contributed by atoms with van der Waals surface area (Å²) in [5, 5.41) is 6.50. The number of carbonyl (C=O) groups is 2. The van der Waals surface area contributed by atoms with Crippen molar-refractivity contribution < 1.29 is 9.59 Å². The van der Waals surface area contributed by atoms with Crippen LogP contribution in [-0.2, 0) is 9.59 Å². The molecule has 162 valence electrons. The number of hydrogen-bond acceptors (Lipinski definition) is 2. The van der Waals surface area contributed by atoms with Crippen molar-refractivity contribution in [2.24, 2.45) is 34.5 Å². The van der Waals surface area contributed by atoms with E-state index in [1.807, 2.05) is 24.3 Å². The Balaban J connectivity index is 1.34. The molecule has 1 saturated heterocycles. The molecule has 0 bridgehead atoms. The second kappa shape index (κ2) is 7.36. The van der Waals surface area contributed by atoms with Crippen molar-refractivity contribution in [3.8, 4) is 0 Å². The molecule has 1 aromatic rings. The first-order valence-corrected chi connectivity index (χ1v) is 12.5. The second-order valence-corrected chi connectivity index (χ2v) is 11.7. The number of hydrogen-bond donors (Lipinski definition) is 2. The molecule has 0 aromatic heterocycles. The van der Waals surface area contributed by atoms with Crippen LogP contribution in [0.4, 0.5) is 5.69 Å². The summed E-state index contributed by atoms with van der Waals surface area (Å²) in [6.45, 7) is 4.83. The van der Waals surface area contributed by atoms with E-state index in [9.17, 15) is 9.59 Å². The zero-order valence-corrected chi connectivity index (χ0v) is 19.6. The number of nitrogens with one attached hydrogen (secondary N) is 2. The Morgan fingerprint density at radius 3 is 2.50 bits per heavy atom. The van der Waals surface area contributed by atoms with Crippen LogP contribution in [0.5, 0.6) is 0 Å². The maximum absolute atomic E-state index is 13.3. The van der Waals surface area contributed by atoms with E-state index in [1.54, 1.807) is 0 Å². The van der Waals surface area contributed by atoms with Gasteiger partial charge in [-0.25, -0.2) is 0 Å². The molecule has 0 radical (unpaired) electrons. The highest BCUT2D eigenvalue weighted by molar-refractivity contribution is 9.10. The SMILES string of the molecule is C[C@]12CCC(=O)N[C@@H]1CC[C@@H]1[C@@H]2CC[C@]2(C)[C@@H](C(=O)Nc3ccc(Br)cc3)CC[C@@H]12. The molecule has 2 amide bonds. The summed E-state index contributed by atoms with van der Waals surface area (Å²) in [7, 11) is 0. The zero-order chi connectivity index (χ0) is 21.1. The number of anilines is 1. The van der Waals surface area contributed by atoms with Crippen LogP contribution < -0.4 is 10.6 Å². The third-order valence-electron chi connectivity index (χ3n) is 9.52. The van der Waals surface area contributed by atoms with Gasteiger partial charge in [-0.05, 0) is 97.8 Å². The number of amides is 2. The van der Waals surface area contributed by atoms with Crippen molar-refractivity contribution in [2.45, 2.75) is 71.3 Å². The van der Waals surface area contributed by atoms with Crippen LogP contribution in [0.1, 0.15) is 65.2 Å². The van der Waals surface area contributed by atoms with E-state index in [0.29, 0.717) is 30.2 Å². The Hall–Kier alpha value is -1.36. The molecule has 4 aliphatic rings. The van der Waals surface area contributed by atoms with E-state index in [4.69, 9.17) is 0 Å². The van der Waals surface area contributed by atoms with E-state index in [1.165, 1.54) is 19.3 Å². The van der Waals surface area contributed by atoms with Crippen molar-refractivity contribution in [1.82, 2.24) is 5.32 Å². The molecule has 1 aliphatic heterocycles. The molecular formula is C25H33BrN2O2. The monoisotopic (exact) mass is 472 g/mol. The third-order valence-corrected chi connectivity index (χ3v) is 10.1. The van der Waals surface area contributed by atoms with Gasteiger partial charge in [-0.15, -0.1) is 0 Å². The summed E-state index contributed by atoms with van der Waals surface area (Å²) in [6, 6.07) is 8.23. The maximum Gasteiger partial charge on any atom is 0.228 e. The van der Waals surface area contributed by atoms with Crippen molar-refractivity contribution >= 4 is 33.4 Å². The zero-order valence-electron chi connectivity index (χ0n) is 18.0. The van der Waals surface area contributed by atoms with Gasteiger partial charge in [0.15, 0.2) is 0 Å². The molecule has 30 heavy (non-hydrogen) atoms. The number of rotatable bonds is 2. The van der Waals surface area contributed by atoms with Crippen LogP contribution in [-0.4, -0.2) is 17.9 Å². The van der Waals surface area contributed by atoms with Crippen molar-refractivity contribution in [2.75, 3.05) is 5.32 Å². The highest BCUT2D eigenvalue weighted by Gasteiger charge is 2.61. The number of halogens is 1. The van der Waals surface area contributed by atoms with Gasteiger partial charge < -0.3 is 10.6 Å². The molecule has 3 saturated carbocycles. The van der Waals surface area contributed by atoms with Gasteiger partial charge in [-0.2, -0.15) is 0 Å². The number of piperidine rings is 1. The first kappa shape index (κ1) is 20.5. The van der Waals surface area contributed by atoms with Gasteiger partial charge in [0.1, 0.15) is 0 Å². The fourth-order valence-corrected chi connectivity index (χ4v) is 8.16. The molecule has 1 heterocycles. The lowest BCUT2D eigenvalue weighted by Gasteiger charge is -2.60. The fraction of sp³-hybridized carbons (Fsp3) is 0.680. The first-order chi connectivity index (χ1) is 14.3. The number of fused-ring (bicyclic) bond motifs is 5. The highest BCUT2D eigenvalue weighted by Crippen LogP contribution is 2.65. The molecule has 4 nitrogen and oxygen atoms in total. The molecule has 0 spiro atoms. The summed E-state index contributed by atoms with van der Waals surface area (Å²) in [4.78, 5) is 25.3. The second-order valence-electron chi connectivity index (χ2n) is 10.8. The molecule has 7 atom stereocenters. The Morgan fingerprint density at radius 2 is 1.73 bits per heavy atom. The summed E-state index contributed by atoms with van der Waals surface area (Å²) >= 11 is 3.46. The molecule has 0 unspecified atom stereocenters. The largest absolute Gasteiger partial charge is 0.353 e. The van der Waals surface area contributed by atoms with Gasteiger partial charge in [0, 0.05) is 28.5 Å². The first-order valence-electron chi connectivity index (χ1n) is 11.7. The minimum atomic E-state index is 0.0989. The molecule has 5 rings (SSSR count). The van der Waals surface area contributed by atoms with Gasteiger partial charge in [0.25, 0.3) is 0 Å². The van der Waals surface area contributed by atoms with Gasteiger partial charge in [-0.3, -0.25) is 9.59 Å². The lowest BCUT2D eigenvalue weighted by Crippen LogP contribution is -2.61. The lowest BCUT2D eigenvalue weighted by molar-refractivity contribution is -0.140. The average Bonchev–Trinajstić information content (AvgIpc) is 3.07. The van der Waals surface area contributed by atoms with Gasteiger partial charge in [0.05, 0.1) is 0 Å². The maximum atomic E-state index is 13.3. The van der Waals surface area contributed by atoms with Crippen molar-refractivity contribution in [3.63, 3.8) is 0 Å². The molecule has 3 aliphatic carbocycles. The summed E-state index contributed by atoms with van der Waals surface area (Å²) in [5.41, 5.74) is 1.22. The van der Waals surface area contributed by atoms with Crippen LogP contribution in [0, 0.1) is 34.5 Å². The normalized spacial score (nSPS) is 42.5. The topological polar surface area (TPSA) is 58.2 Å². The Labute approximate surface area is 188 Å². The van der Waals surface area contributed by atoms with Crippen molar-refractivity contribution in [1.29, 1.82) is 0 Å². The van der Waals surface area contributed by atoms with Gasteiger partial charge in [0.2, 0.25) is 11.8 Å². The van der Waals surface area contributed by atoms with E-state index in [0.717, 1.165) is 35.8 Å². The molecule has 2 N–H and O–H groups in total. The lowest BCUT2D eigenvalue weighted by atomic mass is 9.47. The van der Waals surface area contributed by atoms with Crippen LogP contribution in [0.2, 0.25) is 0 Å². The summed E-state index contributed by atoms with van der Waals surface area (Å²) in [6.07, 6.45) is 8.51. The Kier molecular flexibility index (Phi) is 5.04. The third kappa shape index (κ3) is 3.14. The minimum absolute atomic E-state index is 0.0989. The molecule has 5 heteroatoms. The van der Waals surface area contributed by atoms with E-state index in [2.05, 4.69) is 40.4 Å². The Bertz CT molecular complexity index is 855. The number of carbonyl (C=O) groups excluding carboxylic acids is 2. The van der Waals surface area contributed by atoms with Crippen LogP contribution in [0.25, 0.3) is 0 Å². The van der Waals surface area contributed by atoms with E-state index >= 15 is 0 Å². The van der Waals surface area contributed by atoms with Crippen LogP contribution in [0.3, 0.4) is 0 Å². The van der Waals surface area contributed by atoms with Gasteiger partial charge >= 0.3 is 0 Å². The summed E-state index contributed by atoms with van der Waals surface area (Å²) < 4.78 is 1.02. The standard InChI is InChI=1S/C25H33BrN2O2/c1-24-13-11-19-17(7-10-21-25(19,2)14-12-22(29)28-21)18(24)8-9-20(24)23(30)27-16-5-3-15(26)4-6-16/h3-6,17-21H,7-14H2,1-2H3,(H,27,30)(H,28,29)/t17-,18-,19-,20+,21+,24-,25+/m0/s1. The Morgan fingerprint density at radius 1 is 1.00 bits per heavy atom. The quantitative estimate of drug-likeness (QED) is 0.594. The van der Waals surface area contributed by atoms with Gasteiger partial charge in [-0.1, -0.05) is 29.8 Å². The average molecular weight is 473 g/mol. The predicted octanol–water partition coefficient (Wildman–Crippen LogP) is 5.53. The van der Waals surface area contributed by atoms with E-state index < -0.39 is 0 Å². The molecular weight excluding hydrogens is 440 g/mol. The fourth-order valence-electron chi connectivity index (χ4n) is 7.90. The molecule has 4 fully saturated rings.